The van der Waals surface area contributed by atoms with Crippen molar-refractivity contribution in [2.45, 2.75) is 37.8 Å². The Morgan fingerprint density at radius 3 is 1.89 bits per heavy atom. The molecule has 6 rings (SSSR count). The van der Waals surface area contributed by atoms with Crippen molar-refractivity contribution in [1.82, 2.24) is 24.7 Å². The average Bonchev–Trinajstić information content (AvgIpc) is 3.58. The fraction of sp³-hybridized carbons (Fsp3) is 0.167. The van der Waals surface area contributed by atoms with Crippen LogP contribution in [-0.2, 0) is 37.1 Å². The Hall–Kier alpha value is -4.66. The molecule has 1 unspecified atom stereocenters. The zero-order valence-electron chi connectivity index (χ0n) is 25.2. The number of para-hydroxylation sites is 1. The molecule has 4 heterocycles. The van der Waals surface area contributed by atoms with Crippen molar-refractivity contribution in [1.29, 1.82) is 0 Å². The van der Waals surface area contributed by atoms with E-state index in [1.165, 1.54) is 0 Å². The van der Waals surface area contributed by atoms with Crippen LogP contribution in [0, 0.1) is 12.3 Å². The van der Waals surface area contributed by atoms with Crippen LogP contribution in [0.2, 0.25) is 0 Å². The largest absolute Gasteiger partial charge is 0.508 e. The minimum Gasteiger partial charge on any atom is -0.508 e. The third kappa shape index (κ3) is 7.41. The number of hydrogen-bond donors (Lipinski definition) is 1. The van der Waals surface area contributed by atoms with Gasteiger partial charge in [-0.1, -0.05) is 48.7 Å². The quantitative estimate of drug-likeness (QED) is 0.175. The molecule has 0 saturated heterocycles. The smallest absolute Gasteiger partial charge is 0.388 e. The van der Waals surface area contributed by atoms with Gasteiger partial charge in [-0.05, 0) is 63.2 Å². The third-order valence-corrected chi connectivity index (χ3v) is 7.50. The summed E-state index contributed by atoms with van der Waals surface area (Å²) in [4.78, 5) is 14.4. The third-order valence-electron chi connectivity index (χ3n) is 7.50. The second-order valence-corrected chi connectivity index (χ2v) is 10.9. The number of aromatic hydroxyl groups is 1. The van der Waals surface area contributed by atoms with E-state index in [2.05, 4.69) is 34.3 Å². The van der Waals surface area contributed by atoms with Gasteiger partial charge < -0.3 is 9.79 Å². The zero-order chi connectivity index (χ0) is 32.1. The van der Waals surface area contributed by atoms with Gasteiger partial charge in [-0.2, -0.15) is 43.5 Å². The van der Waals surface area contributed by atoms with Crippen LogP contribution in [0.1, 0.15) is 54.8 Å². The number of aromatic nitrogens is 5. The van der Waals surface area contributed by atoms with E-state index >= 15 is 0 Å². The first-order chi connectivity index (χ1) is 21.5. The van der Waals surface area contributed by atoms with Gasteiger partial charge in [0.15, 0.2) is 0 Å². The summed E-state index contributed by atoms with van der Waals surface area (Å²) < 4.78 is 40.2. The molecule has 10 heteroatoms. The first-order valence-electron chi connectivity index (χ1n) is 14.1. The van der Waals surface area contributed by atoms with Gasteiger partial charge in [-0.25, -0.2) is 0 Å². The molecule has 1 N–H and O–H groups in total. The van der Waals surface area contributed by atoms with Crippen molar-refractivity contribution in [2.75, 3.05) is 0 Å². The Morgan fingerprint density at radius 2 is 1.30 bits per heavy atom. The Balaban J connectivity index is 0.000000532. The predicted octanol–water partition coefficient (Wildman–Crippen LogP) is 7.75. The zero-order valence-corrected chi connectivity index (χ0v) is 27.6. The molecular formula is C36H30F3IrN5O-2. The second-order valence-electron chi connectivity index (χ2n) is 10.9. The van der Waals surface area contributed by atoms with Crippen molar-refractivity contribution in [3.63, 3.8) is 0 Å². The minimum atomic E-state index is -4.56. The molecule has 0 amide bonds. The number of phenolic OH excluding ortho intramolecular Hbond substituents is 1. The number of hydrogen-bond acceptors (Lipinski definition) is 5. The van der Waals surface area contributed by atoms with E-state index in [1.54, 1.807) is 42.6 Å². The van der Waals surface area contributed by atoms with Gasteiger partial charge in [0.2, 0.25) is 0 Å². The monoisotopic (exact) mass is 798 g/mol. The van der Waals surface area contributed by atoms with E-state index in [-0.39, 0.29) is 25.9 Å². The summed E-state index contributed by atoms with van der Waals surface area (Å²) >= 11 is 0. The number of pyridine rings is 3. The fourth-order valence-electron chi connectivity index (χ4n) is 4.82. The molecule has 0 aliphatic carbocycles. The second kappa shape index (κ2) is 14.2. The number of rotatable bonds is 6. The molecule has 0 fully saturated rings. The van der Waals surface area contributed by atoms with Gasteiger partial charge in [0.25, 0.3) is 0 Å². The first-order valence-corrected chi connectivity index (χ1v) is 14.1. The molecule has 237 valence electrons. The summed E-state index contributed by atoms with van der Waals surface area (Å²) in [5.41, 5.74) is 1.54. The van der Waals surface area contributed by atoms with E-state index < -0.39 is 22.7 Å². The molecule has 0 aliphatic rings. The minimum absolute atomic E-state index is 0. The maximum absolute atomic E-state index is 13.1. The number of phenols is 1. The van der Waals surface area contributed by atoms with Crippen LogP contribution in [0.3, 0.4) is 0 Å². The van der Waals surface area contributed by atoms with Gasteiger partial charge in [-0.15, -0.1) is 11.6 Å². The maximum atomic E-state index is 13.1. The molecule has 0 spiro atoms. The summed E-state index contributed by atoms with van der Waals surface area (Å²) in [6.45, 7) is 6.03. The summed E-state index contributed by atoms with van der Waals surface area (Å²) in [5.74, 6) is 0.557. The van der Waals surface area contributed by atoms with Crippen molar-refractivity contribution in [3.05, 3.63) is 168 Å². The van der Waals surface area contributed by atoms with Crippen LogP contribution in [0.4, 0.5) is 13.2 Å². The van der Waals surface area contributed by atoms with E-state index in [9.17, 15) is 13.2 Å². The van der Waals surface area contributed by atoms with Crippen LogP contribution in [0.5, 0.6) is 5.75 Å². The molecule has 6 aromatic rings. The molecule has 2 aromatic carbocycles. The average molecular weight is 798 g/mol. The molecule has 0 saturated carbocycles. The molecule has 46 heavy (non-hydrogen) atoms. The Kier molecular flexibility index (Phi) is 10.6. The van der Waals surface area contributed by atoms with E-state index in [0.717, 1.165) is 33.4 Å². The molecule has 1 radical (unpaired) electrons. The van der Waals surface area contributed by atoms with Gasteiger partial charge in [0, 0.05) is 37.4 Å². The van der Waals surface area contributed by atoms with Gasteiger partial charge in [-0.3, -0.25) is 20.1 Å². The van der Waals surface area contributed by atoms with Crippen LogP contribution in [-0.4, -0.2) is 29.8 Å². The van der Waals surface area contributed by atoms with Crippen LogP contribution >= 0.6 is 0 Å². The molecule has 1 atom stereocenters. The summed E-state index contributed by atoms with van der Waals surface area (Å²) in [5, 5.41) is 12.2. The topological polar surface area (TPSA) is 76.7 Å². The van der Waals surface area contributed by atoms with Crippen LogP contribution in [0.25, 0.3) is 5.82 Å². The van der Waals surface area contributed by atoms with E-state index in [1.807, 2.05) is 86.6 Å². The number of halogens is 3. The predicted molar refractivity (Wildman–Crippen MR) is 165 cm³/mol. The number of benzene rings is 2. The van der Waals surface area contributed by atoms with Crippen molar-refractivity contribution >= 4 is 0 Å². The Labute approximate surface area is 279 Å². The molecule has 0 bridgehead atoms. The Morgan fingerprint density at radius 1 is 0.674 bits per heavy atom. The summed E-state index contributed by atoms with van der Waals surface area (Å²) in [7, 11) is 0. The van der Waals surface area contributed by atoms with E-state index in [0.29, 0.717) is 11.4 Å². The van der Waals surface area contributed by atoms with Crippen molar-refractivity contribution < 1.29 is 38.4 Å². The summed E-state index contributed by atoms with van der Waals surface area (Å²) in [6, 6.07) is 37.4. The SMILES string of the molecule is CC(C)(c1cccc(-n2[c-]cc(C(F)(F)F)n2)n1)c1cccc(C(C)(c2[c-]cccc2)c2ccccn2)n1.Oc1ccccc1.[Ir]. The van der Waals surface area contributed by atoms with Gasteiger partial charge in [0.1, 0.15) is 5.75 Å². The normalized spacial score (nSPS) is 12.7. The van der Waals surface area contributed by atoms with Crippen molar-refractivity contribution in [3.8, 4) is 11.6 Å². The molecule has 6 nitrogen and oxygen atoms in total. The number of nitrogens with zero attached hydrogens (tertiary/aromatic N) is 5. The van der Waals surface area contributed by atoms with Crippen LogP contribution in [0.15, 0.2) is 121 Å². The van der Waals surface area contributed by atoms with Crippen LogP contribution < -0.4 is 0 Å². The number of alkyl halides is 3. The summed E-state index contributed by atoms with van der Waals surface area (Å²) in [6.07, 6.45) is -0.287. The van der Waals surface area contributed by atoms with Gasteiger partial charge in [0.05, 0.1) is 34.0 Å². The standard InChI is InChI=1S/C30H24F3N5.C6H6O.Ir/c1-28(2,23-15-10-17-27(36-23)38-20-18-26(37-38)30(31,32)33)22-14-9-16-25(35-22)29(3,21-11-5-4-6-12-21)24-13-7-8-19-34-24;7-6-4-2-1-3-5-6;/h4-11,13-19H,1-3H3;1-5,7H;/q-2;;. The maximum Gasteiger partial charge on any atom is 0.388 e. The van der Waals surface area contributed by atoms with Crippen molar-refractivity contribution in [2.24, 2.45) is 0 Å². The molecule has 0 aliphatic heterocycles. The van der Waals surface area contributed by atoms with E-state index in [4.69, 9.17) is 10.1 Å². The molecular weight excluding hydrogens is 768 g/mol. The molecule has 4 aromatic heterocycles. The Bertz CT molecular complexity index is 1810. The first kappa shape index (κ1) is 34.2. The van der Waals surface area contributed by atoms with Gasteiger partial charge >= 0.3 is 6.18 Å². The fourth-order valence-corrected chi connectivity index (χ4v) is 4.82.